The van der Waals surface area contributed by atoms with Gasteiger partial charge >= 0.3 is 0 Å². The van der Waals surface area contributed by atoms with Gasteiger partial charge in [-0.2, -0.15) is 0 Å². The Morgan fingerprint density at radius 1 is 1.24 bits per heavy atom. The van der Waals surface area contributed by atoms with E-state index in [9.17, 15) is 4.79 Å². The van der Waals surface area contributed by atoms with Gasteiger partial charge in [-0.05, 0) is 48.0 Å². The molecule has 0 bridgehead atoms. The standard InChI is InChI=1S/C19H20N2O3S/c1-12(2)13-4-6-14(7-5-13)23-11-16-9-8-15(24-16)10-17-18(22)21(3)19(25)20-17/h4-10,12H,11H2,1-3H3,(H,20,25)/b17-10+. The van der Waals surface area contributed by atoms with Gasteiger partial charge in [0, 0.05) is 13.1 Å². The number of carbonyl (C=O) groups is 1. The second kappa shape index (κ2) is 7.11. The quantitative estimate of drug-likeness (QED) is 0.654. The van der Waals surface area contributed by atoms with Gasteiger partial charge < -0.3 is 14.5 Å². The maximum atomic E-state index is 12.0. The molecule has 1 amide bonds. The normalized spacial score (nSPS) is 16.0. The van der Waals surface area contributed by atoms with Gasteiger partial charge in [0.2, 0.25) is 0 Å². The number of thiocarbonyl (C=S) groups is 1. The Hall–Kier alpha value is -2.60. The molecule has 1 aromatic heterocycles. The van der Waals surface area contributed by atoms with Crippen molar-refractivity contribution in [2.45, 2.75) is 26.4 Å². The van der Waals surface area contributed by atoms with Crippen LogP contribution in [0.5, 0.6) is 5.75 Å². The van der Waals surface area contributed by atoms with Gasteiger partial charge in [-0.3, -0.25) is 9.69 Å². The molecule has 1 aliphatic rings. The number of amides is 1. The summed E-state index contributed by atoms with van der Waals surface area (Å²) in [5.74, 6) is 2.36. The van der Waals surface area contributed by atoms with Crippen molar-refractivity contribution >= 4 is 29.3 Å². The molecule has 1 N–H and O–H groups in total. The SMILES string of the molecule is CC(C)c1ccc(OCc2ccc(/C=C3/NC(=S)N(C)C3=O)o2)cc1. The van der Waals surface area contributed by atoms with Crippen LogP contribution in [-0.2, 0) is 11.4 Å². The predicted molar refractivity (Wildman–Crippen MR) is 100 cm³/mol. The van der Waals surface area contributed by atoms with Crippen molar-refractivity contribution in [1.82, 2.24) is 10.2 Å². The number of hydrogen-bond donors (Lipinski definition) is 1. The zero-order chi connectivity index (χ0) is 18.0. The average molecular weight is 356 g/mol. The van der Waals surface area contributed by atoms with Crippen molar-refractivity contribution < 1.29 is 13.9 Å². The topological polar surface area (TPSA) is 54.7 Å². The van der Waals surface area contributed by atoms with E-state index in [0.717, 1.165) is 5.75 Å². The molecule has 1 fully saturated rings. The molecule has 5 nitrogen and oxygen atoms in total. The number of ether oxygens (including phenoxy) is 1. The minimum atomic E-state index is -0.176. The third-order valence-electron chi connectivity index (χ3n) is 3.98. The van der Waals surface area contributed by atoms with Crippen molar-refractivity contribution in [3.05, 3.63) is 59.2 Å². The summed E-state index contributed by atoms with van der Waals surface area (Å²) in [5, 5.41) is 3.25. The second-order valence-electron chi connectivity index (χ2n) is 6.17. The fourth-order valence-corrected chi connectivity index (χ4v) is 2.61. The molecular weight excluding hydrogens is 336 g/mol. The lowest BCUT2D eigenvalue weighted by Crippen LogP contribution is -2.25. The van der Waals surface area contributed by atoms with Crippen molar-refractivity contribution in [3.8, 4) is 5.75 Å². The number of furan rings is 1. The van der Waals surface area contributed by atoms with Gasteiger partial charge in [0.1, 0.15) is 29.6 Å². The van der Waals surface area contributed by atoms with E-state index in [1.54, 1.807) is 19.2 Å². The molecule has 1 aliphatic heterocycles. The Bertz CT molecular complexity index is 821. The highest BCUT2D eigenvalue weighted by Crippen LogP contribution is 2.20. The summed E-state index contributed by atoms with van der Waals surface area (Å²) in [7, 11) is 1.63. The summed E-state index contributed by atoms with van der Waals surface area (Å²) < 4.78 is 11.4. The van der Waals surface area contributed by atoms with Crippen LogP contribution in [0.2, 0.25) is 0 Å². The Kier molecular flexibility index (Phi) is 4.90. The molecule has 0 spiro atoms. The van der Waals surface area contributed by atoms with E-state index in [2.05, 4.69) is 31.3 Å². The van der Waals surface area contributed by atoms with Gasteiger partial charge in [0.25, 0.3) is 5.91 Å². The summed E-state index contributed by atoms with van der Waals surface area (Å²) in [6.45, 7) is 4.64. The summed E-state index contributed by atoms with van der Waals surface area (Å²) >= 11 is 5.04. The number of likely N-dealkylation sites (N-methyl/N-ethyl adjacent to an activating group) is 1. The van der Waals surface area contributed by atoms with E-state index >= 15 is 0 Å². The molecule has 3 rings (SSSR count). The smallest absolute Gasteiger partial charge is 0.276 e. The number of nitrogens with one attached hydrogen (secondary N) is 1. The van der Waals surface area contributed by atoms with Gasteiger partial charge in [-0.1, -0.05) is 26.0 Å². The Morgan fingerprint density at radius 2 is 1.96 bits per heavy atom. The molecule has 130 valence electrons. The van der Waals surface area contributed by atoms with Crippen molar-refractivity contribution in [2.24, 2.45) is 0 Å². The van der Waals surface area contributed by atoms with E-state index in [4.69, 9.17) is 21.4 Å². The molecule has 0 aliphatic carbocycles. The molecule has 0 atom stereocenters. The third kappa shape index (κ3) is 3.91. The highest BCUT2D eigenvalue weighted by atomic mass is 32.1. The van der Waals surface area contributed by atoms with E-state index in [-0.39, 0.29) is 5.91 Å². The molecular formula is C19H20N2O3S. The first kappa shape index (κ1) is 17.2. The lowest BCUT2D eigenvalue weighted by Gasteiger charge is -2.07. The van der Waals surface area contributed by atoms with Crippen LogP contribution in [0.4, 0.5) is 0 Å². The second-order valence-corrected chi connectivity index (χ2v) is 6.56. The van der Waals surface area contributed by atoms with E-state index in [0.29, 0.717) is 34.9 Å². The number of benzene rings is 1. The van der Waals surface area contributed by atoms with Crippen LogP contribution >= 0.6 is 12.2 Å². The van der Waals surface area contributed by atoms with E-state index in [1.807, 2.05) is 18.2 Å². The van der Waals surface area contributed by atoms with Gasteiger partial charge in [-0.25, -0.2) is 0 Å². The van der Waals surface area contributed by atoms with Gasteiger partial charge in [0.15, 0.2) is 5.11 Å². The molecule has 1 saturated heterocycles. The highest BCUT2D eigenvalue weighted by Gasteiger charge is 2.27. The first-order chi connectivity index (χ1) is 11.9. The van der Waals surface area contributed by atoms with Crippen LogP contribution in [0.25, 0.3) is 6.08 Å². The van der Waals surface area contributed by atoms with Crippen LogP contribution in [0.1, 0.15) is 36.8 Å². The van der Waals surface area contributed by atoms with E-state index in [1.165, 1.54) is 10.5 Å². The molecule has 0 unspecified atom stereocenters. The average Bonchev–Trinajstić information content (AvgIpc) is 3.14. The van der Waals surface area contributed by atoms with Gasteiger partial charge in [-0.15, -0.1) is 0 Å². The molecule has 2 aromatic rings. The molecule has 1 aromatic carbocycles. The fourth-order valence-electron chi connectivity index (χ4n) is 2.42. The van der Waals surface area contributed by atoms with Crippen molar-refractivity contribution in [1.29, 1.82) is 0 Å². The zero-order valence-corrected chi connectivity index (χ0v) is 15.2. The monoisotopic (exact) mass is 356 g/mol. The van der Waals surface area contributed by atoms with E-state index < -0.39 is 0 Å². The third-order valence-corrected chi connectivity index (χ3v) is 4.35. The lowest BCUT2D eigenvalue weighted by atomic mass is 10.0. The van der Waals surface area contributed by atoms with Crippen LogP contribution in [-0.4, -0.2) is 23.0 Å². The summed E-state index contributed by atoms with van der Waals surface area (Å²) in [6, 6.07) is 11.7. The van der Waals surface area contributed by atoms with Crippen LogP contribution < -0.4 is 10.1 Å². The summed E-state index contributed by atoms with van der Waals surface area (Å²) in [4.78, 5) is 13.3. The number of rotatable bonds is 5. The van der Waals surface area contributed by atoms with Crippen LogP contribution in [0.3, 0.4) is 0 Å². The molecule has 2 heterocycles. The lowest BCUT2D eigenvalue weighted by molar-refractivity contribution is -0.121. The largest absolute Gasteiger partial charge is 0.486 e. The van der Waals surface area contributed by atoms with Crippen molar-refractivity contribution in [3.63, 3.8) is 0 Å². The Morgan fingerprint density at radius 3 is 2.56 bits per heavy atom. The molecule has 0 saturated carbocycles. The van der Waals surface area contributed by atoms with Crippen molar-refractivity contribution in [2.75, 3.05) is 7.05 Å². The summed E-state index contributed by atoms with van der Waals surface area (Å²) in [5.41, 5.74) is 1.68. The first-order valence-corrected chi connectivity index (χ1v) is 8.47. The summed E-state index contributed by atoms with van der Waals surface area (Å²) in [6.07, 6.45) is 1.64. The van der Waals surface area contributed by atoms with Crippen LogP contribution in [0.15, 0.2) is 46.5 Å². The number of nitrogens with zero attached hydrogens (tertiary/aromatic N) is 1. The van der Waals surface area contributed by atoms with Gasteiger partial charge in [0.05, 0.1) is 0 Å². The maximum absolute atomic E-state index is 12.0. The fraction of sp³-hybridized carbons (Fsp3) is 0.263. The first-order valence-electron chi connectivity index (χ1n) is 8.06. The predicted octanol–water partition coefficient (Wildman–Crippen LogP) is 3.67. The minimum Gasteiger partial charge on any atom is -0.486 e. The zero-order valence-electron chi connectivity index (χ0n) is 14.4. The molecule has 0 radical (unpaired) electrons. The Labute approximate surface area is 152 Å². The number of carbonyl (C=O) groups excluding carboxylic acids is 1. The number of hydrogen-bond acceptors (Lipinski definition) is 4. The highest BCUT2D eigenvalue weighted by molar-refractivity contribution is 7.80. The maximum Gasteiger partial charge on any atom is 0.276 e. The molecule has 6 heteroatoms. The minimum absolute atomic E-state index is 0.176. The molecule has 25 heavy (non-hydrogen) atoms. The van der Waals surface area contributed by atoms with Crippen LogP contribution in [0, 0.1) is 0 Å². The Balaban J connectivity index is 1.62.